The number of fused-ring (bicyclic) bond motifs is 4. The average Bonchev–Trinajstić information content (AvgIpc) is 3.86. The van der Waals surface area contributed by atoms with Crippen molar-refractivity contribution in [1.82, 2.24) is 39.6 Å². The summed E-state index contributed by atoms with van der Waals surface area (Å²) in [6.07, 6.45) is 0.724. The molecule has 60 heavy (non-hydrogen) atoms. The summed E-state index contributed by atoms with van der Waals surface area (Å²) in [5.41, 5.74) is -0.468. The van der Waals surface area contributed by atoms with Crippen molar-refractivity contribution in [3.05, 3.63) is 99.7 Å². The van der Waals surface area contributed by atoms with Gasteiger partial charge in [0.2, 0.25) is 15.9 Å². The Bertz CT molecular complexity index is 2910. The number of rotatable bonds is 11. The molecule has 4 aromatic heterocycles. The van der Waals surface area contributed by atoms with Gasteiger partial charge in [0, 0.05) is 41.6 Å². The van der Waals surface area contributed by atoms with Crippen molar-refractivity contribution in [2.24, 2.45) is 13.0 Å². The van der Waals surface area contributed by atoms with Gasteiger partial charge >= 0.3 is 5.92 Å². The standard InChI is InChI=1S/C40H34ClF6N9O3S/c1-39(2,3)56-17-20(16-48-56)28-11-8-23(24-7-10-27(41)32-35(24)54(4)52-38(32)53-60(5,58)59)33(50-28)29(14-19-12-21(42)15-22(43)13-19)49-30(57)18-55-36-31(34(51-55)37(44)45)25-6-9-26(25)40(36,46)47/h7-8,10-13,15-17,25-26,29,37H,14,18H2,1-5H3,(H,49,57)(H,52,53)/t25-,26+,29-/m0/s1. The van der Waals surface area contributed by atoms with E-state index >= 15 is 8.78 Å². The molecular weight excluding hydrogens is 836 g/mol. The SMILES string of the molecule is Cn1nc(NS(C)(=O)=O)c2c(Cl)ccc(-c3ccc(-c4cnn(C(C)(C)C)c4)nc3[C@H](Cc3cc(F)cc(F)c3)NC(=O)Cn3nc(C(F)F)c4c3C(F)(F)[C@@H]3C#C[C@H]43)c21. The number of sulfonamides is 1. The third kappa shape index (κ3) is 7.25. The van der Waals surface area contributed by atoms with Gasteiger partial charge in [-0.2, -0.15) is 24.1 Å². The van der Waals surface area contributed by atoms with Gasteiger partial charge in [-0.05, 0) is 57.0 Å². The summed E-state index contributed by atoms with van der Waals surface area (Å²) in [7, 11) is -2.28. The van der Waals surface area contributed by atoms with Gasteiger partial charge in [0.15, 0.2) is 5.82 Å². The summed E-state index contributed by atoms with van der Waals surface area (Å²) < 4.78 is 120. The van der Waals surface area contributed by atoms with E-state index in [0.717, 1.165) is 18.4 Å². The predicted molar refractivity (Wildman–Crippen MR) is 210 cm³/mol. The third-order valence-electron chi connectivity index (χ3n) is 10.3. The van der Waals surface area contributed by atoms with Crippen LogP contribution in [-0.2, 0) is 46.3 Å². The van der Waals surface area contributed by atoms with E-state index in [0.29, 0.717) is 38.6 Å². The van der Waals surface area contributed by atoms with Crippen LogP contribution in [0.2, 0.25) is 5.02 Å². The maximum Gasteiger partial charge on any atom is 0.304 e. The Kier molecular flexibility index (Phi) is 9.81. The highest BCUT2D eigenvalue weighted by molar-refractivity contribution is 7.92. The highest BCUT2D eigenvalue weighted by Crippen LogP contribution is 2.57. The van der Waals surface area contributed by atoms with Crippen molar-refractivity contribution < 1.29 is 39.6 Å². The zero-order valence-electron chi connectivity index (χ0n) is 32.3. The Morgan fingerprint density at radius 3 is 2.33 bits per heavy atom. The number of halogens is 7. The van der Waals surface area contributed by atoms with Crippen LogP contribution in [0.1, 0.15) is 67.4 Å². The zero-order valence-corrected chi connectivity index (χ0v) is 33.9. The largest absolute Gasteiger partial charge is 0.346 e. The van der Waals surface area contributed by atoms with Gasteiger partial charge in [0.05, 0.1) is 57.3 Å². The molecule has 0 bridgehead atoms. The molecule has 0 spiro atoms. The molecule has 12 nitrogen and oxygen atoms in total. The monoisotopic (exact) mass is 869 g/mol. The molecule has 20 heteroatoms. The minimum atomic E-state index is -3.83. The summed E-state index contributed by atoms with van der Waals surface area (Å²) >= 11 is 6.64. The lowest BCUT2D eigenvalue weighted by Gasteiger charge is -2.24. The maximum atomic E-state index is 15.6. The Labute approximate surface area is 344 Å². The van der Waals surface area contributed by atoms with E-state index in [1.54, 1.807) is 42.3 Å². The van der Waals surface area contributed by atoms with Crippen LogP contribution in [0.25, 0.3) is 33.3 Å². The molecule has 2 N–H and O–H groups in total. The van der Waals surface area contributed by atoms with E-state index < -0.39 is 86.8 Å². The average molecular weight is 870 g/mol. The van der Waals surface area contributed by atoms with Crippen LogP contribution in [0.5, 0.6) is 0 Å². The van der Waals surface area contributed by atoms with Gasteiger partial charge in [-0.1, -0.05) is 35.6 Å². The van der Waals surface area contributed by atoms with Gasteiger partial charge in [-0.15, -0.1) is 0 Å². The van der Waals surface area contributed by atoms with E-state index in [1.165, 1.54) is 10.7 Å². The van der Waals surface area contributed by atoms with Crippen molar-refractivity contribution in [2.45, 2.75) is 63.6 Å². The summed E-state index contributed by atoms with van der Waals surface area (Å²) in [4.78, 5) is 19.1. The first kappa shape index (κ1) is 40.9. The number of carbonyl (C=O) groups excluding carboxylic acids is 1. The molecule has 0 aliphatic heterocycles. The Hall–Kier alpha value is -5.87. The molecule has 0 saturated heterocycles. The number of alkyl halides is 4. The molecule has 0 radical (unpaired) electrons. The first-order valence-electron chi connectivity index (χ1n) is 18.3. The van der Waals surface area contributed by atoms with Crippen LogP contribution >= 0.6 is 11.6 Å². The quantitative estimate of drug-likeness (QED) is 0.101. The smallest absolute Gasteiger partial charge is 0.304 e. The van der Waals surface area contributed by atoms with E-state index in [-0.39, 0.29) is 33.9 Å². The molecule has 3 atom stereocenters. The molecule has 0 unspecified atom stereocenters. The van der Waals surface area contributed by atoms with Gasteiger partial charge in [-0.25, -0.2) is 31.0 Å². The van der Waals surface area contributed by atoms with E-state index in [2.05, 4.69) is 37.2 Å². The number of anilines is 1. The van der Waals surface area contributed by atoms with Crippen molar-refractivity contribution >= 4 is 44.3 Å². The topological polar surface area (TPSA) is 142 Å². The van der Waals surface area contributed by atoms with Crippen molar-refractivity contribution in [1.29, 1.82) is 0 Å². The number of carbonyl (C=O) groups is 1. The number of pyridine rings is 1. The lowest BCUT2D eigenvalue weighted by Crippen LogP contribution is -2.35. The van der Waals surface area contributed by atoms with E-state index in [4.69, 9.17) is 16.6 Å². The highest BCUT2D eigenvalue weighted by Gasteiger charge is 2.60. The number of nitrogens with zero attached hydrogens (tertiary/aromatic N) is 7. The molecule has 1 amide bonds. The van der Waals surface area contributed by atoms with Crippen LogP contribution in [0, 0.1) is 29.4 Å². The Morgan fingerprint density at radius 2 is 1.72 bits per heavy atom. The maximum absolute atomic E-state index is 15.6. The predicted octanol–water partition coefficient (Wildman–Crippen LogP) is 7.61. The fourth-order valence-corrected chi connectivity index (χ4v) is 8.45. The molecular formula is C40H34ClF6N9O3S. The third-order valence-corrected chi connectivity index (χ3v) is 11.2. The van der Waals surface area contributed by atoms with Gasteiger partial charge in [-0.3, -0.25) is 23.6 Å². The van der Waals surface area contributed by atoms with Crippen LogP contribution in [-0.4, -0.2) is 54.9 Å². The Morgan fingerprint density at radius 1 is 1.02 bits per heavy atom. The molecule has 0 saturated carbocycles. The lowest BCUT2D eigenvalue weighted by atomic mass is 9.84. The molecule has 8 rings (SSSR count). The molecule has 312 valence electrons. The molecule has 6 aromatic rings. The second kappa shape index (κ2) is 14.4. The zero-order chi connectivity index (χ0) is 43.2. The number of aryl methyl sites for hydroxylation is 1. The minimum Gasteiger partial charge on any atom is -0.346 e. The van der Waals surface area contributed by atoms with Crippen molar-refractivity contribution in [3.63, 3.8) is 0 Å². The van der Waals surface area contributed by atoms with Crippen LogP contribution < -0.4 is 10.0 Å². The number of hydrogen-bond donors (Lipinski definition) is 2. The number of aromatic nitrogens is 7. The molecule has 2 aromatic carbocycles. The second-order valence-electron chi connectivity index (χ2n) is 15.7. The Balaban J connectivity index is 1.30. The van der Waals surface area contributed by atoms with Crippen molar-refractivity contribution in [2.75, 3.05) is 11.0 Å². The summed E-state index contributed by atoms with van der Waals surface area (Å²) in [5.74, 6) is -4.42. The van der Waals surface area contributed by atoms with Crippen LogP contribution in [0.4, 0.5) is 32.2 Å². The van der Waals surface area contributed by atoms with Gasteiger partial charge < -0.3 is 5.32 Å². The number of nitrogens with one attached hydrogen (secondary N) is 2. The van der Waals surface area contributed by atoms with E-state index in [9.17, 15) is 30.8 Å². The highest BCUT2D eigenvalue weighted by atomic mass is 35.5. The van der Waals surface area contributed by atoms with Crippen LogP contribution in [0.3, 0.4) is 0 Å². The minimum absolute atomic E-state index is 0.0677. The fourth-order valence-electron chi connectivity index (χ4n) is 7.71. The molecule has 2 aliphatic rings. The summed E-state index contributed by atoms with van der Waals surface area (Å²) in [5, 5.41) is 15.7. The van der Waals surface area contributed by atoms with Crippen LogP contribution in [0.15, 0.2) is 54.9 Å². The van der Waals surface area contributed by atoms with E-state index in [1.807, 2.05) is 20.8 Å². The second-order valence-corrected chi connectivity index (χ2v) is 17.9. The fraction of sp³-hybridized carbons (Fsp3) is 0.325. The van der Waals surface area contributed by atoms with Gasteiger partial charge in [0.25, 0.3) is 6.43 Å². The number of hydrogen-bond acceptors (Lipinski definition) is 7. The van der Waals surface area contributed by atoms with Crippen molar-refractivity contribution in [3.8, 4) is 34.2 Å². The normalized spacial score (nSPS) is 17.2. The number of benzene rings is 2. The van der Waals surface area contributed by atoms with Gasteiger partial charge in [0.1, 0.15) is 35.5 Å². The lowest BCUT2D eigenvalue weighted by molar-refractivity contribution is -0.123. The summed E-state index contributed by atoms with van der Waals surface area (Å²) in [6.45, 7) is 4.87. The molecule has 4 heterocycles. The first-order valence-corrected chi connectivity index (χ1v) is 20.6. The first-order chi connectivity index (χ1) is 28.1. The number of amides is 1. The molecule has 2 aliphatic carbocycles. The summed E-state index contributed by atoms with van der Waals surface area (Å²) in [6, 6.07) is 7.94. The molecule has 0 fully saturated rings.